The normalized spacial score (nSPS) is 11.7. The summed E-state index contributed by atoms with van der Waals surface area (Å²) in [5, 5.41) is 66.2. The van der Waals surface area contributed by atoms with E-state index in [-0.39, 0.29) is 0 Å². The van der Waals surface area contributed by atoms with Crippen LogP contribution in [0.5, 0.6) is 0 Å². The Morgan fingerprint density at radius 3 is 0.580 bits per heavy atom. The molecule has 8 aromatic heterocycles. The van der Waals surface area contributed by atoms with Crippen LogP contribution in [0.4, 0.5) is 0 Å². The number of unbranched alkanes of at least 4 members (excludes halogenated alkanes) is 18. The molecule has 24 heteroatoms. The van der Waals surface area contributed by atoms with Crippen LogP contribution in [0.1, 0.15) is 562 Å². The van der Waals surface area contributed by atoms with Gasteiger partial charge in [0.05, 0.1) is 88.9 Å². The van der Waals surface area contributed by atoms with E-state index in [0.29, 0.717) is 5.92 Å². The van der Waals surface area contributed by atoms with Gasteiger partial charge in [-0.05, 0) is 255 Å². The summed E-state index contributed by atoms with van der Waals surface area (Å²) in [7, 11) is 0. The Hall–Kier alpha value is -6.88. The SMILES string of the molecule is CC(C)CCCCCCc1cnnn1CCCC(C)C.CC(C)CCCCCCc1cnnn1CCCC(C)C.CC(C)CCCCCc1cnnn1CC(C)C.CC(C)CCCCCn1cc(CCCC(C)C)nn1.CC(C)CCCCCn1nncc1CCCCC(C)C.CC(C)CCCCCn1nncc1CCCCC(C)C.CC(C)CCCCc1cnnn1CCC(C)C.CC(C)CCCCc1cnnn1CCC(C)C. The van der Waals surface area contributed by atoms with Gasteiger partial charge in [-0.3, -0.25) is 4.68 Å². The predicted octanol–water partition coefficient (Wildman–Crippen LogP) is 35.0. The minimum atomic E-state index is 0.636. The lowest BCUT2D eigenvalue weighted by atomic mass is 10.0. The fourth-order valence-electron chi connectivity index (χ4n) is 18.1. The number of rotatable bonds is 78. The van der Waals surface area contributed by atoms with E-state index in [4.69, 9.17) is 0 Å². The molecule has 0 saturated carbocycles. The van der Waals surface area contributed by atoms with Gasteiger partial charge in [0.2, 0.25) is 0 Å². The number of hydrogen-bond donors (Lipinski definition) is 0. The second-order valence-electron chi connectivity index (χ2n) is 51.2. The molecular weight excluding hydrogens is 1850 g/mol. The molecule has 0 fully saturated rings. The summed E-state index contributed by atoms with van der Waals surface area (Å²) in [4.78, 5) is 0. The average molecular weight is 2100 g/mol. The fourth-order valence-corrected chi connectivity index (χ4v) is 18.1. The van der Waals surface area contributed by atoms with Crippen molar-refractivity contribution >= 4 is 0 Å². The number of aromatic nitrogens is 24. The maximum Gasteiger partial charge on any atom is 0.0827 e. The lowest BCUT2D eigenvalue weighted by Gasteiger charge is -2.08. The van der Waals surface area contributed by atoms with E-state index in [1.54, 1.807) is 0 Å². The van der Waals surface area contributed by atoms with Crippen LogP contribution in [0.25, 0.3) is 0 Å². The maximum atomic E-state index is 4.25. The Bertz CT molecular complexity index is 3980. The quantitative estimate of drug-likeness (QED) is 0.0322. The largest absolute Gasteiger partial charge is 0.252 e. The molecular formula is C126H244N24. The van der Waals surface area contributed by atoms with Gasteiger partial charge < -0.3 is 0 Å². The molecule has 0 aliphatic heterocycles. The molecule has 24 nitrogen and oxygen atoms in total. The molecule has 0 unspecified atom stereocenters. The zero-order chi connectivity index (χ0) is 111. The predicted molar refractivity (Wildman–Crippen MR) is 640 cm³/mol. The van der Waals surface area contributed by atoms with Gasteiger partial charge in [-0.2, -0.15) is 0 Å². The van der Waals surface area contributed by atoms with Crippen LogP contribution in [0.15, 0.2) is 49.6 Å². The van der Waals surface area contributed by atoms with Gasteiger partial charge >= 0.3 is 0 Å². The van der Waals surface area contributed by atoms with Crippen molar-refractivity contribution in [2.45, 2.75) is 621 Å². The maximum absolute atomic E-state index is 4.25. The average Bonchev–Trinajstić information content (AvgIpc) is 1.77. The third-order valence-electron chi connectivity index (χ3n) is 27.8. The van der Waals surface area contributed by atoms with Gasteiger partial charge in [-0.15, -0.1) is 40.8 Å². The molecule has 150 heavy (non-hydrogen) atoms. The fraction of sp³-hybridized carbons (Fsp3) is 0.873. The molecule has 8 heterocycles. The van der Waals surface area contributed by atoms with E-state index in [0.717, 1.165) is 198 Å². The highest BCUT2D eigenvalue weighted by Gasteiger charge is 2.15. The van der Waals surface area contributed by atoms with Crippen LogP contribution < -0.4 is 0 Å². The molecule has 0 N–H and O–H groups in total. The van der Waals surface area contributed by atoms with Crippen molar-refractivity contribution in [2.24, 2.45) is 94.7 Å². The highest BCUT2D eigenvalue weighted by Crippen LogP contribution is 2.23. The molecule has 0 atom stereocenters. The summed E-state index contributed by atoms with van der Waals surface area (Å²) in [6.07, 6.45) is 84.5. The molecule has 0 radical (unpaired) electrons. The van der Waals surface area contributed by atoms with E-state index in [2.05, 4.69) is 343 Å². The Kier molecular flexibility index (Phi) is 86.8. The zero-order valence-electron chi connectivity index (χ0n) is 104. The second kappa shape index (κ2) is 92.3. The van der Waals surface area contributed by atoms with Gasteiger partial charge in [0.1, 0.15) is 0 Å². The first kappa shape index (κ1) is 141. The second-order valence-corrected chi connectivity index (χ2v) is 51.2. The lowest BCUT2D eigenvalue weighted by molar-refractivity contribution is 0.453. The zero-order valence-corrected chi connectivity index (χ0v) is 104. The smallest absolute Gasteiger partial charge is 0.0827 e. The van der Waals surface area contributed by atoms with Crippen LogP contribution in [-0.4, -0.2) is 120 Å². The molecule has 0 bridgehead atoms. The molecule has 0 aliphatic carbocycles. The van der Waals surface area contributed by atoms with Crippen molar-refractivity contribution in [2.75, 3.05) is 0 Å². The molecule has 868 valence electrons. The van der Waals surface area contributed by atoms with Gasteiger partial charge in [0.15, 0.2) is 0 Å². The van der Waals surface area contributed by atoms with Crippen LogP contribution in [-0.2, 0) is 104 Å². The number of nitrogens with zero attached hydrogens (tertiary/aromatic N) is 24. The summed E-state index contributed by atoms with van der Waals surface area (Å²) in [6, 6.07) is 0. The Morgan fingerprint density at radius 2 is 0.333 bits per heavy atom. The molecule has 0 spiro atoms. The van der Waals surface area contributed by atoms with E-state index in [1.165, 1.54) is 335 Å². The van der Waals surface area contributed by atoms with Crippen LogP contribution in [0.2, 0.25) is 0 Å². The molecule has 0 aromatic carbocycles. The van der Waals surface area contributed by atoms with Crippen LogP contribution in [0.3, 0.4) is 0 Å². The summed E-state index contributed by atoms with van der Waals surface area (Å²) in [6.45, 7) is 81.2. The Labute approximate surface area is 924 Å². The lowest BCUT2D eigenvalue weighted by Crippen LogP contribution is -2.09. The first-order valence-electron chi connectivity index (χ1n) is 62.7. The summed E-state index contributed by atoms with van der Waals surface area (Å²) >= 11 is 0. The van der Waals surface area contributed by atoms with Crippen molar-refractivity contribution in [3.8, 4) is 0 Å². The molecule has 8 rings (SSSR count). The summed E-state index contributed by atoms with van der Waals surface area (Å²) in [5.41, 5.74) is 10.3. The van der Waals surface area contributed by atoms with E-state index in [9.17, 15) is 0 Å². The third-order valence-corrected chi connectivity index (χ3v) is 27.8. The Balaban J connectivity index is 0.000000858. The summed E-state index contributed by atoms with van der Waals surface area (Å²) in [5.74, 6) is 12.7. The van der Waals surface area contributed by atoms with Crippen LogP contribution in [0, 0.1) is 94.7 Å². The van der Waals surface area contributed by atoms with Crippen molar-refractivity contribution < 1.29 is 0 Å². The molecule has 0 amide bonds. The van der Waals surface area contributed by atoms with Gasteiger partial charge in [-0.1, -0.05) is 449 Å². The molecule has 0 aliphatic rings. The Morgan fingerprint density at radius 1 is 0.153 bits per heavy atom. The van der Waals surface area contributed by atoms with Crippen molar-refractivity contribution in [3.05, 3.63) is 95.1 Å². The topological polar surface area (TPSA) is 246 Å². The van der Waals surface area contributed by atoms with Gasteiger partial charge in [0.25, 0.3) is 0 Å². The van der Waals surface area contributed by atoms with Crippen molar-refractivity contribution in [1.82, 2.24) is 120 Å². The van der Waals surface area contributed by atoms with Crippen molar-refractivity contribution in [3.63, 3.8) is 0 Å². The highest BCUT2D eigenvalue weighted by molar-refractivity contribution is 5.00. The monoisotopic (exact) mass is 2090 g/mol. The number of hydrogen-bond acceptors (Lipinski definition) is 16. The standard InChI is InChI=1S/4C17H33N3.C16H31N3.3C14H27N3/c2*1-15(2)10-6-5-9-13-20-17(14-18-19-20)12-8-7-11-16(3)4;2*1-15(2)10-7-5-6-8-12-17-14-18-19-20(17)13-9-11-16(3)4;1-14(2)9-6-5-7-12-19-13-16(17-18-19)11-8-10-15(3)4;2*1-12(2)7-5-6-8-14-11-15-16-17(14)10-9-13(3)4;1-12(2)8-6-5-7-9-14-10-15-16-17(14)11-13(3)4/h4*14-16H,5-13H2,1-4H3;13-15H,5-12H2,1-4H3;2*11-13H,5-10H2,1-4H3;10,12-13H,5-9,11H2,1-4H3. The summed E-state index contributed by atoms with van der Waals surface area (Å²) < 4.78 is 16.7. The minimum absolute atomic E-state index is 0.636. The third kappa shape index (κ3) is 83.5. The van der Waals surface area contributed by atoms with Crippen molar-refractivity contribution in [1.29, 1.82) is 0 Å². The first-order valence-corrected chi connectivity index (χ1v) is 62.7. The number of aryl methyl sites for hydroxylation is 15. The van der Waals surface area contributed by atoms with Gasteiger partial charge in [0, 0.05) is 58.6 Å². The van der Waals surface area contributed by atoms with E-state index in [1.807, 2.05) is 48.1 Å². The molecule has 8 aromatic rings. The van der Waals surface area contributed by atoms with Crippen LogP contribution >= 0.6 is 0 Å². The van der Waals surface area contributed by atoms with Gasteiger partial charge in [-0.25, -0.2) is 32.8 Å². The minimum Gasteiger partial charge on any atom is -0.252 e. The van der Waals surface area contributed by atoms with E-state index < -0.39 is 0 Å². The van der Waals surface area contributed by atoms with E-state index >= 15 is 0 Å². The molecule has 0 saturated heterocycles. The highest BCUT2D eigenvalue weighted by atomic mass is 15.5. The first-order chi connectivity index (χ1) is 71.7.